The number of nitrogens with zero attached hydrogens (tertiary/aromatic N) is 5. The number of piperidine rings is 1. The molecule has 0 unspecified atom stereocenters. The van der Waals surface area contributed by atoms with Gasteiger partial charge in [-0.15, -0.1) is 0 Å². The molecule has 0 N–H and O–H groups in total. The van der Waals surface area contributed by atoms with Gasteiger partial charge in [0.1, 0.15) is 11.6 Å². The number of likely N-dealkylation sites (tertiary alicyclic amines) is 1. The first-order valence-corrected chi connectivity index (χ1v) is 10.1. The highest BCUT2D eigenvalue weighted by molar-refractivity contribution is 5.77. The van der Waals surface area contributed by atoms with E-state index in [2.05, 4.69) is 20.0 Å². The standard InChI is InChI=1S/C21H26FN5O2/c1-13(2)20-24-19(29-25-20)12-26-8-6-15(7-9-26)11-27-14(3)23-18-10-16(22)4-5-17(18)21(27)28/h4-5,10,13,15H,6-9,11-12H2,1-3H3. The fourth-order valence-electron chi connectivity index (χ4n) is 3.86. The summed E-state index contributed by atoms with van der Waals surface area (Å²) in [6, 6.07) is 4.15. The van der Waals surface area contributed by atoms with Crippen LogP contribution in [-0.4, -0.2) is 37.7 Å². The van der Waals surface area contributed by atoms with Crippen molar-refractivity contribution in [3.63, 3.8) is 0 Å². The highest BCUT2D eigenvalue weighted by Gasteiger charge is 2.23. The first-order valence-electron chi connectivity index (χ1n) is 10.1. The molecule has 8 heteroatoms. The van der Waals surface area contributed by atoms with Crippen molar-refractivity contribution in [2.24, 2.45) is 5.92 Å². The van der Waals surface area contributed by atoms with Crippen LogP contribution in [0.15, 0.2) is 27.5 Å². The minimum Gasteiger partial charge on any atom is -0.338 e. The summed E-state index contributed by atoms with van der Waals surface area (Å²) in [6.07, 6.45) is 1.97. The van der Waals surface area contributed by atoms with Gasteiger partial charge in [0.15, 0.2) is 5.82 Å². The maximum absolute atomic E-state index is 13.4. The molecule has 0 bridgehead atoms. The van der Waals surface area contributed by atoms with Crippen LogP contribution >= 0.6 is 0 Å². The summed E-state index contributed by atoms with van der Waals surface area (Å²) in [4.78, 5) is 24.1. The Morgan fingerprint density at radius 3 is 2.69 bits per heavy atom. The Labute approximate surface area is 168 Å². The summed E-state index contributed by atoms with van der Waals surface area (Å²) < 4.78 is 20.5. The van der Waals surface area contributed by atoms with Crippen LogP contribution in [0, 0.1) is 18.7 Å². The van der Waals surface area contributed by atoms with Gasteiger partial charge in [-0.25, -0.2) is 9.37 Å². The maximum Gasteiger partial charge on any atom is 0.261 e. The lowest BCUT2D eigenvalue weighted by atomic mass is 9.96. The fourth-order valence-corrected chi connectivity index (χ4v) is 3.86. The molecule has 0 amide bonds. The quantitative estimate of drug-likeness (QED) is 0.655. The van der Waals surface area contributed by atoms with Crippen LogP contribution in [0.25, 0.3) is 10.9 Å². The van der Waals surface area contributed by atoms with Crippen molar-refractivity contribution < 1.29 is 8.91 Å². The predicted octanol–water partition coefficient (Wildman–Crippen LogP) is 3.26. The van der Waals surface area contributed by atoms with Crippen molar-refractivity contribution in [2.45, 2.75) is 52.6 Å². The molecule has 4 rings (SSSR count). The van der Waals surface area contributed by atoms with Crippen molar-refractivity contribution in [2.75, 3.05) is 13.1 Å². The molecule has 3 aromatic rings. The van der Waals surface area contributed by atoms with E-state index in [9.17, 15) is 9.18 Å². The first-order chi connectivity index (χ1) is 13.9. The van der Waals surface area contributed by atoms with Crippen LogP contribution < -0.4 is 5.56 Å². The Morgan fingerprint density at radius 2 is 2.00 bits per heavy atom. The minimum atomic E-state index is -0.379. The van der Waals surface area contributed by atoms with E-state index in [1.165, 1.54) is 18.2 Å². The van der Waals surface area contributed by atoms with E-state index in [1.54, 1.807) is 4.57 Å². The number of rotatable bonds is 5. The van der Waals surface area contributed by atoms with Crippen molar-refractivity contribution in [1.29, 1.82) is 0 Å². The minimum absolute atomic E-state index is 0.0954. The highest BCUT2D eigenvalue weighted by Crippen LogP contribution is 2.21. The molecule has 0 saturated carbocycles. The maximum atomic E-state index is 13.4. The van der Waals surface area contributed by atoms with E-state index in [-0.39, 0.29) is 17.3 Å². The second-order valence-electron chi connectivity index (χ2n) is 8.16. The van der Waals surface area contributed by atoms with Gasteiger partial charge in [0.25, 0.3) is 5.56 Å². The molecule has 1 fully saturated rings. The van der Waals surface area contributed by atoms with Crippen molar-refractivity contribution >= 4 is 10.9 Å². The van der Waals surface area contributed by atoms with Gasteiger partial charge in [-0.05, 0) is 50.9 Å². The third-order valence-electron chi connectivity index (χ3n) is 5.62. The van der Waals surface area contributed by atoms with Crippen molar-refractivity contribution in [3.05, 3.63) is 51.9 Å². The molecule has 1 saturated heterocycles. The lowest BCUT2D eigenvalue weighted by Crippen LogP contribution is -2.36. The van der Waals surface area contributed by atoms with E-state index in [0.717, 1.165) is 31.8 Å². The van der Waals surface area contributed by atoms with Crippen LogP contribution in [0.3, 0.4) is 0 Å². The summed E-state index contributed by atoms with van der Waals surface area (Å²) in [5.74, 6) is 2.31. The molecular weight excluding hydrogens is 373 g/mol. The zero-order chi connectivity index (χ0) is 20.5. The Hall–Kier alpha value is -2.61. The number of aromatic nitrogens is 4. The van der Waals surface area contributed by atoms with Gasteiger partial charge >= 0.3 is 0 Å². The van der Waals surface area contributed by atoms with Gasteiger partial charge in [-0.2, -0.15) is 4.98 Å². The first kappa shape index (κ1) is 19.7. The topological polar surface area (TPSA) is 77.1 Å². The second-order valence-corrected chi connectivity index (χ2v) is 8.16. The van der Waals surface area contributed by atoms with Crippen molar-refractivity contribution in [3.8, 4) is 0 Å². The average molecular weight is 399 g/mol. The van der Waals surface area contributed by atoms with Gasteiger partial charge < -0.3 is 4.52 Å². The molecule has 29 heavy (non-hydrogen) atoms. The Kier molecular flexibility index (Phi) is 5.45. The summed E-state index contributed by atoms with van der Waals surface area (Å²) in [5, 5.41) is 4.49. The molecule has 1 aliphatic heterocycles. The van der Waals surface area contributed by atoms with Crippen LogP contribution in [0.5, 0.6) is 0 Å². The SMILES string of the molecule is Cc1nc2cc(F)ccc2c(=O)n1CC1CCN(Cc2nc(C(C)C)no2)CC1. The largest absolute Gasteiger partial charge is 0.338 e. The molecule has 2 aromatic heterocycles. The zero-order valence-electron chi connectivity index (χ0n) is 17.1. The van der Waals surface area contributed by atoms with Gasteiger partial charge in [-0.1, -0.05) is 19.0 Å². The average Bonchev–Trinajstić information content (AvgIpc) is 3.15. The fraction of sp³-hybridized carbons (Fsp3) is 0.524. The summed E-state index contributed by atoms with van der Waals surface area (Å²) in [5.41, 5.74) is 0.320. The molecule has 154 valence electrons. The van der Waals surface area contributed by atoms with Gasteiger partial charge in [-0.3, -0.25) is 14.3 Å². The third kappa shape index (κ3) is 4.22. The third-order valence-corrected chi connectivity index (χ3v) is 5.62. The number of benzene rings is 1. The smallest absolute Gasteiger partial charge is 0.261 e. The lowest BCUT2D eigenvalue weighted by Gasteiger charge is -2.31. The molecule has 0 spiro atoms. The predicted molar refractivity (Wildman–Crippen MR) is 107 cm³/mol. The molecular formula is C21H26FN5O2. The van der Waals surface area contributed by atoms with E-state index >= 15 is 0 Å². The van der Waals surface area contributed by atoms with Gasteiger partial charge in [0.2, 0.25) is 5.89 Å². The Morgan fingerprint density at radius 1 is 1.24 bits per heavy atom. The second kappa shape index (κ2) is 8.02. The Balaban J connectivity index is 1.40. The normalized spacial score (nSPS) is 16.2. The van der Waals surface area contributed by atoms with Gasteiger partial charge in [0.05, 0.1) is 17.4 Å². The van der Waals surface area contributed by atoms with E-state index < -0.39 is 0 Å². The van der Waals surface area contributed by atoms with Crippen LogP contribution in [0.1, 0.15) is 50.1 Å². The molecule has 3 heterocycles. The molecule has 7 nitrogen and oxygen atoms in total. The zero-order valence-corrected chi connectivity index (χ0v) is 17.1. The van der Waals surface area contributed by atoms with Gasteiger partial charge in [0, 0.05) is 18.5 Å². The van der Waals surface area contributed by atoms with Crippen LogP contribution in [-0.2, 0) is 13.1 Å². The Bertz CT molecular complexity index is 1070. The molecule has 1 aromatic carbocycles. The summed E-state index contributed by atoms with van der Waals surface area (Å²) in [6.45, 7) is 9.03. The molecule has 1 aliphatic rings. The number of hydrogen-bond donors (Lipinski definition) is 0. The number of fused-ring (bicyclic) bond motifs is 1. The molecule has 0 aliphatic carbocycles. The number of halogens is 1. The number of hydrogen-bond acceptors (Lipinski definition) is 6. The summed E-state index contributed by atoms with van der Waals surface area (Å²) in [7, 11) is 0. The molecule has 0 atom stereocenters. The monoisotopic (exact) mass is 399 g/mol. The van der Waals surface area contributed by atoms with E-state index in [4.69, 9.17) is 4.52 Å². The van der Waals surface area contributed by atoms with Crippen LogP contribution in [0.4, 0.5) is 4.39 Å². The highest BCUT2D eigenvalue weighted by atomic mass is 19.1. The van der Waals surface area contributed by atoms with Crippen molar-refractivity contribution in [1.82, 2.24) is 24.6 Å². The van der Waals surface area contributed by atoms with E-state index in [0.29, 0.717) is 41.6 Å². The van der Waals surface area contributed by atoms with E-state index in [1.807, 2.05) is 20.8 Å². The summed E-state index contributed by atoms with van der Waals surface area (Å²) >= 11 is 0. The molecule has 0 radical (unpaired) electrons. The van der Waals surface area contributed by atoms with Crippen LogP contribution in [0.2, 0.25) is 0 Å². The number of aryl methyl sites for hydroxylation is 1. The lowest BCUT2D eigenvalue weighted by molar-refractivity contribution is 0.150.